The van der Waals surface area contributed by atoms with Crippen LogP contribution >= 0.6 is 0 Å². The molecule has 3 aliphatic heterocycles. The first kappa shape index (κ1) is 27.2. The highest BCUT2D eigenvalue weighted by atomic mass is 16.8. The van der Waals surface area contributed by atoms with Gasteiger partial charge < -0.3 is 23.8 Å². The quantitative estimate of drug-likeness (QED) is 0.529. The fraction of sp³-hybridized carbons (Fsp3) is 0.778. The molecule has 5 heterocycles. The number of aromatic nitrogens is 4. The van der Waals surface area contributed by atoms with Crippen molar-refractivity contribution in [1.82, 2.24) is 29.3 Å². The fourth-order valence-corrected chi connectivity index (χ4v) is 6.16. The summed E-state index contributed by atoms with van der Waals surface area (Å²) in [6.07, 6.45) is 7.67. The van der Waals surface area contributed by atoms with Crippen molar-refractivity contribution in [2.24, 2.45) is 0 Å². The van der Waals surface area contributed by atoms with Crippen molar-refractivity contribution in [2.45, 2.75) is 109 Å². The molecule has 38 heavy (non-hydrogen) atoms. The van der Waals surface area contributed by atoms with Gasteiger partial charge in [0.2, 0.25) is 0 Å². The van der Waals surface area contributed by atoms with Crippen LogP contribution in [0, 0.1) is 0 Å². The third kappa shape index (κ3) is 5.25. The summed E-state index contributed by atoms with van der Waals surface area (Å²) in [5, 5.41) is 0. The maximum Gasteiger partial charge on any atom is 0.410 e. The first-order valence-electron chi connectivity index (χ1n) is 13.7. The Balaban J connectivity index is 1.32. The predicted molar refractivity (Wildman–Crippen MR) is 140 cm³/mol. The third-order valence-electron chi connectivity index (χ3n) is 8.06. The van der Waals surface area contributed by atoms with Gasteiger partial charge in [-0.2, -0.15) is 0 Å². The van der Waals surface area contributed by atoms with Crippen LogP contribution in [-0.2, 0) is 18.9 Å². The Labute approximate surface area is 224 Å². The zero-order valence-electron chi connectivity index (χ0n) is 23.7. The lowest BCUT2D eigenvalue weighted by atomic mass is 9.88. The largest absolute Gasteiger partial charge is 0.444 e. The number of hydrogen-bond acceptors (Lipinski definition) is 9. The summed E-state index contributed by atoms with van der Waals surface area (Å²) in [4.78, 5) is 29.8. The average Bonchev–Trinajstić information content (AvgIpc) is 3.59. The van der Waals surface area contributed by atoms with Crippen molar-refractivity contribution in [1.29, 1.82) is 0 Å². The molecule has 5 rings (SSSR count). The van der Waals surface area contributed by atoms with Crippen molar-refractivity contribution in [3.05, 3.63) is 18.9 Å². The summed E-state index contributed by atoms with van der Waals surface area (Å²) in [7, 11) is 1.82. The molecule has 3 saturated heterocycles. The molecule has 3 aliphatic rings. The predicted octanol–water partition coefficient (Wildman–Crippen LogP) is 3.75. The number of ether oxygens (including phenoxy) is 4. The second-order valence-corrected chi connectivity index (χ2v) is 12.3. The van der Waals surface area contributed by atoms with E-state index in [1.165, 1.54) is 6.33 Å². The van der Waals surface area contributed by atoms with E-state index in [9.17, 15) is 4.79 Å². The molecule has 3 fully saturated rings. The Morgan fingerprint density at radius 1 is 1.24 bits per heavy atom. The maximum absolute atomic E-state index is 12.6. The van der Waals surface area contributed by atoms with Gasteiger partial charge in [0.25, 0.3) is 0 Å². The molecule has 0 spiro atoms. The van der Waals surface area contributed by atoms with Gasteiger partial charge >= 0.3 is 6.09 Å². The summed E-state index contributed by atoms with van der Waals surface area (Å²) >= 11 is 0. The summed E-state index contributed by atoms with van der Waals surface area (Å²) in [6, 6.07) is 0. The highest BCUT2D eigenvalue weighted by Gasteiger charge is 2.57. The van der Waals surface area contributed by atoms with Crippen LogP contribution in [0.5, 0.6) is 0 Å². The first-order chi connectivity index (χ1) is 17.9. The van der Waals surface area contributed by atoms with Gasteiger partial charge in [-0.1, -0.05) is 6.92 Å². The molecular weight excluding hydrogens is 488 g/mol. The van der Waals surface area contributed by atoms with Gasteiger partial charge in [0.05, 0.1) is 12.5 Å². The Morgan fingerprint density at radius 2 is 2.00 bits per heavy atom. The van der Waals surface area contributed by atoms with E-state index in [4.69, 9.17) is 18.9 Å². The number of fused-ring (bicyclic) bond motifs is 2. The van der Waals surface area contributed by atoms with E-state index in [2.05, 4.69) is 26.8 Å². The molecule has 0 bridgehead atoms. The molecule has 11 nitrogen and oxygen atoms in total. The van der Waals surface area contributed by atoms with Crippen molar-refractivity contribution < 1.29 is 23.7 Å². The van der Waals surface area contributed by atoms with E-state index in [0.29, 0.717) is 17.7 Å². The van der Waals surface area contributed by atoms with E-state index in [-0.39, 0.29) is 29.9 Å². The van der Waals surface area contributed by atoms with E-state index < -0.39 is 17.6 Å². The maximum atomic E-state index is 12.6. The normalized spacial score (nSPS) is 31.1. The monoisotopic (exact) mass is 530 g/mol. The minimum atomic E-state index is -0.704. The number of imidazole rings is 1. The summed E-state index contributed by atoms with van der Waals surface area (Å²) in [5.41, 5.74) is 0.904. The zero-order valence-corrected chi connectivity index (χ0v) is 23.7. The smallest absolute Gasteiger partial charge is 0.410 e. The van der Waals surface area contributed by atoms with Crippen molar-refractivity contribution in [2.75, 3.05) is 26.7 Å². The van der Waals surface area contributed by atoms with E-state index in [1.54, 1.807) is 17.4 Å². The molecular formula is C27H42N6O5. The Bertz CT molecular complexity index is 1150. The summed E-state index contributed by atoms with van der Waals surface area (Å²) in [5.74, 6) is -0.704. The van der Waals surface area contributed by atoms with Gasteiger partial charge in [0.1, 0.15) is 35.8 Å². The minimum Gasteiger partial charge on any atom is -0.444 e. The van der Waals surface area contributed by atoms with Crippen LogP contribution in [0.25, 0.3) is 11.2 Å². The molecule has 210 valence electrons. The van der Waals surface area contributed by atoms with Crippen LogP contribution in [0.3, 0.4) is 0 Å². The van der Waals surface area contributed by atoms with Crippen LogP contribution < -0.4 is 0 Å². The van der Waals surface area contributed by atoms with E-state index >= 15 is 0 Å². The zero-order chi connectivity index (χ0) is 27.3. The average molecular weight is 531 g/mol. The number of amides is 1. The lowest BCUT2D eigenvalue weighted by Crippen LogP contribution is -2.50. The SMILES string of the molecule is CCC1(CCN(C)C(=O)OC(C)(C)C)CCCN1C[C@H]1O[C@@H](n2cnc3cncnc32)[C@@H]2OC(C)(C)O[C@@H]21. The van der Waals surface area contributed by atoms with Crippen LogP contribution in [0.1, 0.15) is 73.5 Å². The van der Waals surface area contributed by atoms with E-state index in [1.807, 2.05) is 46.2 Å². The van der Waals surface area contributed by atoms with Crippen molar-refractivity contribution in [3.63, 3.8) is 0 Å². The van der Waals surface area contributed by atoms with Gasteiger partial charge in [0.15, 0.2) is 17.7 Å². The lowest BCUT2D eigenvalue weighted by molar-refractivity contribution is -0.199. The molecule has 5 atom stereocenters. The second kappa shape index (κ2) is 10.0. The second-order valence-electron chi connectivity index (χ2n) is 12.3. The Hall–Kier alpha value is -2.34. The molecule has 11 heteroatoms. The molecule has 0 N–H and O–H groups in total. The van der Waals surface area contributed by atoms with E-state index in [0.717, 1.165) is 38.8 Å². The Kier molecular flexibility index (Phi) is 7.17. The molecule has 1 amide bonds. The molecule has 1 unspecified atom stereocenters. The number of hydrogen-bond donors (Lipinski definition) is 0. The highest BCUT2D eigenvalue weighted by Crippen LogP contribution is 2.45. The molecule has 0 aliphatic carbocycles. The standard InChI is InChI=1S/C27H42N6O5/c1-8-27(11-13-31(7)24(34)38-25(2,3)4)10-9-12-32(27)15-19-20-21(37-26(5,6)36-20)23(35-19)33-17-30-18-14-28-16-29-22(18)33/h14,16-17,19-21,23H,8-13,15H2,1-7H3/t19-,20-,21-,23-,27?/m1/s1. The topological polar surface area (TPSA) is 104 Å². The number of likely N-dealkylation sites (tertiary alicyclic amines) is 1. The molecule has 0 radical (unpaired) electrons. The summed E-state index contributed by atoms with van der Waals surface area (Å²) < 4.78 is 26.9. The molecule has 0 aromatic carbocycles. The highest BCUT2D eigenvalue weighted by molar-refractivity contribution is 5.69. The molecule has 0 saturated carbocycles. The van der Waals surface area contributed by atoms with Crippen molar-refractivity contribution in [3.8, 4) is 0 Å². The van der Waals surface area contributed by atoms with Gasteiger partial charge in [-0.3, -0.25) is 9.47 Å². The number of carbonyl (C=O) groups is 1. The molecule has 2 aromatic rings. The Morgan fingerprint density at radius 3 is 2.74 bits per heavy atom. The fourth-order valence-electron chi connectivity index (χ4n) is 6.16. The van der Waals surface area contributed by atoms with Crippen LogP contribution in [-0.4, -0.2) is 97.3 Å². The van der Waals surface area contributed by atoms with Gasteiger partial charge in [-0.25, -0.2) is 19.7 Å². The third-order valence-corrected chi connectivity index (χ3v) is 8.06. The molecule has 2 aromatic heterocycles. The van der Waals surface area contributed by atoms with Crippen LogP contribution in [0.4, 0.5) is 4.79 Å². The lowest BCUT2D eigenvalue weighted by Gasteiger charge is -2.41. The van der Waals surface area contributed by atoms with Crippen LogP contribution in [0.15, 0.2) is 18.9 Å². The first-order valence-corrected chi connectivity index (χ1v) is 13.7. The van der Waals surface area contributed by atoms with Gasteiger partial charge in [-0.05, 0) is 66.8 Å². The van der Waals surface area contributed by atoms with Gasteiger partial charge in [0, 0.05) is 25.7 Å². The number of carbonyl (C=O) groups excluding carboxylic acids is 1. The van der Waals surface area contributed by atoms with Crippen molar-refractivity contribution >= 4 is 17.3 Å². The van der Waals surface area contributed by atoms with Crippen LogP contribution in [0.2, 0.25) is 0 Å². The minimum absolute atomic E-state index is 0.0167. The number of rotatable bonds is 7. The van der Waals surface area contributed by atoms with Gasteiger partial charge in [-0.15, -0.1) is 0 Å². The summed E-state index contributed by atoms with van der Waals surface area (Å²) in [6.45, 7) is 14.2. The number of nitrogens with zero attached hydrogens (tertiary/aromatic N) is 6.